The van der Waals surface area contributed by atoms with Gasteiger partial charge in [0.25, 0.3) is 0 Å². The molecule has 0 aromatic carbocycles. The summed E-state index contributed by atoms with van der Waals surface area (Å²) in [5.41, 5.74) is 0.930. The van der Waals surface area contributed by atoms with E-state index in [0.29, 0.717) is 6.61 Å². The van der Waals surface area contributed by atoms with Crippen LogP contribution in [0.3, 0.4) is 0 Å². The summed E-state index contributed by atoms with van der Waals surface area (Å²) in [5, 5.41) is 0. The first-order chi connectivity index (χ1) is 11.2. The van der Waals surface area contributed by atoms with Crippen LogP contribution in [0.25, 0.3) is 0 Å². The smallest absolute Gasteiger partial charge is 0.230 e. The fourth-order valence-electron chi connectivity index (χ4n) is 3.60. The van der Waals surface area contributed by atoms with Gasteiger partial charge in [-0.1, -0.05) is 6.92 Å². The monoisotopic (exact) mass is 317 g/mol. The zero-order valence-corrected chi connectivity index (χ0v) is 14.2. The molecule has 2 saturated heterocycles. The van der Waals surface area contributed by atoms with Crippen molar-refractivity contribution in [1.29, 1.82) is 0 Å². The Kier molecular flexibility index (Phi) is 5.16. The summed E-state index contributed by atoms with van der Waals surface area (Å²) in [4.78, 5) is 21.6. The maximum absolute atomic E-state index is 13.0. The lowest BCUT2D eigenvalue weighted by Crippen LogP contribution is -2.39. The van der Waals surface area contributed by atoms with Gasteiger partial charge in [0.1, 0.15) is 0 Å². The van der Waals surface area contributed by atoms with Gasteiger partial charge in [0.15, 0.2) is 5.82 Å². The van der Waals surface area contributed by atoms with E-state index in [4.69, 9.17) is 4.74 Å². The van der Waals surface area contributed by atoms with Crippen LogP contribution in [0.15, 0.2) is 18.3 Å². The molecule has 0 saturated carbocycles. The van der Waals surface area contributed by atoms with Crippen molar-refractivity contribution in [3.05, 3.63) is 18.3 Å². The number of pyridine rings is 1. The third-order valence-electron chi connectivity index (χ3n) is 5.04. The van der Waals surface area contributed by atoms with Gasteiger partial charge in [-0.3, -0.25) is 4.79 Å². The number of hydrogen-bond donors (Lipinski definition) is 0. The first-order valence-electron chi connectivity index (χ1n) is 8.79. The van der Waals surface area contributed by atoms with Crippen LogP contribution in [-0.2, 0) is 9.53 Å². The molecule has 1 aromatic rings. The molecule has 2 aliphatic heterocycles. The van der Waals surface area contributed by atoms with Gasteiger partial charge in [-0.15, -0.1) is 0 Å². The molecule has 1 aromatic heterocycles. The number of carbonyl (C=O) groups excluding carboxylic acids is 1. The van der Waals surface area contributed by atoms with Gasteiger partial charge in [-0.05, 0) is 44.2 Å². The molecule has 0 unspecified atom stereocenters. The SMILES string of the molecule is CC[C@H]1C[C@@H](C(=O)N(C)c2cccnc2N2CCCC2)CCO1. The lowest BCUT2D eigenvalue weighted by atomic mass is 9.93. The summed E-state index contributed by atoms with van der Waals surface area (Å²) in [5.74, 6) is 1.20. The van der Waals surface area contributed by atoms with Crippen LogP contribution in [0, 0.1) is 5.92 Å². The Bertz CT molecular complexity index is 543. The quantitative estimate of drug-likeness (QED) is 0.856. The van der Waals surface area contributed by atoms with Crippen molar-refractivity contribution in [2.75, 3.05) is 36.5 Å². The minimum Gasteiger partial charge on any atom is -0.378 e. The van der Waals surface area contributed by atoms with Crippen molar-refractivity contribution in [2.45, 2.75) is 45.1 Å². The number of carbonyl (C=O) groups is 1. The summed E-state index contributed by atoms with van der Waals surface area (Å²) in [6.45, 7) is 4.87. The van der Waals surface area contributed by atoms with E-state index in [9.17, 15) is 4.79 Å². The predicted octanol–water partition coefficient (Wildman–Crippen LogP) is 2.85. The van der Waals surface area contributed by atoms with Crippen molar-refractivity contribution < 1.29 is 9.53 Å². The van der Waals surface area contributed by atoms with Crippen LogP contribution < -0.4 is 9.80 Å². The zero-order valence-electron chi connectivity index (χ0n) is 14.2. The van der Waals surface area contributed by atoms with Gasteiger partial charge in [0.2, 0.25) is 5.91 Å². The van der Waals surface area contributed by atoms with E-state index in [0.717, 1.165) is 43.9 Å². The van der Waals surface area contributed by atoms with Gasteiger partial charge < -0.3 is 14.5 Å². The molecule has 0 N–H and O–H groups in total. The topological polar surface area (TPSA) is 45.7 Å². The molecule has 2 fully saturated rings. The summed E-state index contributed by atoms with van der Waals surface area (Å²) in [6.07, 6.45) is 7.06. The van der Waals surface area contributed by atoms with Crippen LogP contribution >= 0.6 is 0 Å². The highest BCUT2D eigenvalue weighted by molar-refractivity contribution is 5.97. The van der Waals surface area contributed by atoms with Crippen molar-refractivity contribution >= 4 is 17.4 Å². The second-order valence-corrected chi connectivity index (χ2v) is 6.56. The van der Waals surface area contributed by atoms with Crippen molar-refractivity contribution in [2.24, 2.45) is 5.92 Å². The Morgan fingerprint density at radius 3 is 2.96 bits per heavy atom. The number of anilines is 2. The lowest BCUT2D eigenvalue weighted by molar-refractivity contribution is -0.127. The highest BCUT2D eigenvalue weighted by Crippen LogP contribution is 2.31. The Morgan fingerprint density at radius 1 is 1.43 bits per heavy atom. The fraction of sp³-hybridized carbons (Fsp3) is 0.667. The van der Waals surface area contributed by atoms with Gasteiger partial charge in [0, 0.05) is 38.9 Å². The van der Waals surface area contributed by atoms with Crippen LogP contribution in [0.4, 0.5) is 11.5 Å². The first-order valence-corrected chi connectivity index (χ1v) is 8.79. The molecule has 5 heteroatoms. The maximum atomic E-state index is 13.0. The van der Waals surface area contributed by atoms with E-state index in [2.05, 4.69) is 16.8 Å². The molecular weight excluding hydrogens is 290 g/mol. The second kappa shape index (κ2) is 7.30. The summed E-state index contributed by atoms with van der Waals surface area (Å²) >= 11 is 0. The Balaban J connectivity index is 1.77. The Labute approximate surface area is 138 Å². The average molecular weight is 317 g/mol. The van der Waals surface area contributed by atoms with Crippen molar-refractivity contribution in [3.8, 4) is 0 Å². The van der Waals surface area contributed by atoms with E-state index < -0.39 is 0 Å². The largest absolute Gasteiger partial charge is 0.378 e. The van der Waals surface area contributed by atoms with E-state index in [-0.39, 0.29) is 17.9 Å². The molecule has 5 nitrogen and oxygen atoms in total. The van der Waals surface area contributed by atoms with Gasteiger partial charge >= 0.3 is 0 Å². The fourth-order valence-corrected chi connectivity index (χ4v) is 3.60. The first kappa shape index (κ1) is 16.2. The third kappa shape index (κ3) is 3.50. The number of aromatic nitrogens is 1. The van der Waals surface area contributed by atoms with Gasteiger partial charge in [0.05, 0.1) is 11.8 Å². The lowest BCUT2D eigenvalue weighted by Gasteiger charge is -2.32. The van der Waals surface area contributed by atoms with E-state index in [1.807, 2.05) is 30.3 Å². The second-order valence-electron chi connectivity index (χ2n) is 6.56. The molecule has 0 aliphatic carbocycles. The van der Waals surface area contributed by atoms with Crippen LogP contribution in [0.2, 0.25) is 0 Å². The number of nitrogens with zero attached hydrogens (tertiary/aromatic N) is 3. The zero-order chi connectivity index (χ0) is 16.2. The van der Waals surface area contributed by atoms with Gasteiger partial charge in [-0.2, -0.15) is 0 Å². The molecule has 0 bridgehead atoms. The van der Waals surface area contributed by atoms with Crippen LogP contribution in [0.5, 0.6) is 0 Å². The normalized spacial score (nSPS) is 24.7. The minimum absolute atomic E-state index is 0.0605. The molecule has 1 amide bonds. The molecule has 126 valence electrons. The van der Waals surface area contributed by atoms with Gasteiger partial charge in [-0.25, -0.2) is 4.98 Å². The summed E-state index contributed by atoms with van der Waals surface area (Å²) < 4.78 is 5.71. The van der Waals surface area contributed by atoms with Crippen molar-refractivity contribution in [1.82, 2.24) is 4.98 Å². The molecule has 0 spiro atoms. The highest BCUT2D eigenvalue weighted by atomic mass is 16.5. The highest BCUT2D eigenvalue weighted by Gasteiger charge is 2.31. The molecule has 3 rings (SSSR count). The number of ether oxygens (including phenoxy) is 1. The minimum atomic E-state index is 0.0605. The standard InChI is InChI=1S/C18H27N3O2/c1-3-15-13-14(8-12-23-15)18(22)20(2)16-7-6-9-19-17(16)21-10-4-5-11-21/h6-7,9,14-15H,3-5,8,10-13H2,1-2H3/t14-,15-/m0/s1. The summed E-state index contributed by atoms with van der Waals surface area (Å²) in [6, 6.07) is 3.92. The van der Waals surface area contributed by atoms with E-state index in [1.54, 1.807) is 0 Å². The van der Waals surface area contributed by atoms with E-state index in [1.165, 1.54) is 12.8 Å². The van der Waals surface area contributed by atoms with Crippen LogP contribution in [0.1, 0.15) is 39.0 Å². The average Bonchev–Trinajstić information content (AvgIpc) is 3.15. The van der Waals surface area contributed by atoms with E-state index >= 15 is 0 Å². The molecule has 3 heterocycles. The maximum Gasteiger partial charge on any atom is 0.230 e. The Morgan fingerprint density at radius 2 is 2.22 bits per heavy atom. The van der Waals surface area contributed by atoms with Crippen molar-refractivity contribution in [3.63, 3.8) is 0 Å². The number of hydrogen-bond acceptors (Lipinski definition) is 4. The molecule has 0 radical (unpaired) electrons. The number of amides is 1. The summed E-state index contributed by atoms with van der Waals surface area (Å²) in [7, 11) is 1.88. The molecule has 2 aliphatic rings. The molecule has 2 atom stereocenters. The Hall–Kier alpha value is -1.62. The molecular formula is C18H27N3O2. The predicted molar refractivity (Wildman–Crippen MR) is 91.8 cm³/mol. The third-order valence-corrected chi connectivity index (χ3v) is 5.04. The van der Waals surface area contributed by atoms with Crippen LogP contribution in [-0.4, -0.2) is 43.7 Å². The number of rotatable bonds is 4. The molecule has 23 heavy (non-hydrogen) atoms.